The zero-order valence-corrected chi connectivity index (χ0v) is 19.2. The predicted octanol–water partition coefficient (Wildman–Crippen LogP) is 4.86. The maximum atomic E-state index is 12.5. The summed E-state index contributed by atoms with van der Waals surface area (Å²) in [4.78, 5) is 25.0. The molecule has 0 aliphatic rings. The second kappa shape index (κ2) is 11.0. The highest BCUT2D eigenvalue weighted by Gasteiger charge is 2.17. The standard InChI is InChI=1S/C26H28N4O3/c1-17(2)23(19-11-7-5-8-12-19)27-29-25(31)21-15-16-22(33-21)26(32)30-28-24(18(3)4)20-13-9-6-10-14-20/h5-18H,1-4H3,(H,29,31)(H,30,32)/b27-23+,28-24+. The molecule has 2 amide bonds. The summed E-state index contributed by atoms with van der Waals surface area (Å²) in [7, 11) is 0. The molecule has 170 valence electrons. The van der Waals surface area contributed by atoms with Gasteiger partial charge in [0, 0.05) is 0 Å². The molecule has 0 unspecified atom stereocenters. The van der Waals surface area contributed by atoms with Gasteiger partial charge in [-0.1, -0.05) is 88.4 Å². The first kappa shape index (κ1) is 23.7. The van der Waals surface area contributed by atoms with E-state index >= 15 is 0 Å². The summed E-state index contributed by atoms with van der Waals surface area (Å²) in [5, 5.41) is 8.54. The molecule has 7 nitrogen and oxygen atoms in total. The van der Waals surface area contributed by atoms with E-state index in [1.165, 1.54) is 12.1 Å². The van der Waals surface area contributed by atoms with Crippen LogP contribution in [0.15, 0.2) is 87.4 Å². The number of carbonyl (C=O) groups is 2. The topological polar surface area (TPSA) is 96.1 Å². The fraction of sp³-hybridized carbons (Fsp3) is 0.231. The van der Waals surface area contributed by atoms with Gasteiger partial charge in [-0.2, -0.15) is 10.2 Å². The van der Waals surface area contributed by atoms with E-state index in [0.29, 0.717) is 0 Å². The molecule has 0 spiro atoms. The van der Waals surface area contributed by atoms with Gasteiger partial charge in [0.15, 0.2) is 11.5 Å². The molecule has 0 aliphatic heterocycles. The molecule has 1 heterocycles. The van der Waals surface area contributed by atoms with Crippen LogP contribution in [-0.2, 0) is 0 Å². The first-order valence-electron chi connectivity index (χ1n) is 10.8. The lowest BCUT2D eigenvalue weighted by Gasteiger charge is -2.10. The van der Waals surface area contributed by atoms with Crippen LogP contribution in [0.4, 0.5) is 0 Å². The summed E-state index contributed by atoms with van der Waals surface area (Å²) in [6.07, 6.45) is 0. The average Bonchev–Trinajstić information content (AvgIpc) is 3.31. The smallest absolute Gasteiger partial charge is 0.307 e. The van der Waals surface area contributed by atoms with E-state index in [4.69, 9.17) is 4.42 Å². The van der Waals surface area contributed by atoms with Gasteiger partial charge < -0.3 is 4.42 Å². The zero-order valence-electron chi connectivity index (χ0n) is 19.2. The summed E-state index contributed by atoms with van der Waals surface area (Å²) < 4.78 is 5.44. The van der Waals surface area contributed by atoms with Gasteiger partial charge in [0.25, 0.3) is 0 Å². The van der Waals surface area contributed by atoms with Gasteiger partial charge >= 0.3 is 11.8 Å². The van der Waals surface area contributed by atoms with Crippen molar-refractivity contribution in [3.05, 3.63) is 95.4 Å². The van der Waals surface area contributed by atoms with Crippen LogP contribution in [0.1, 0.15) is 59.9 Å². The molecule has 0 radical (unpaired) electrons. The molecule has 0 bridgehead atoms. The molecular formula is C26H28N4O3. The number of furan rings is 1. The van der Waals surface area contributed by atoms with Crippen LogP contribution in [0.25, 0.3) is 0 Å². The first-order chi connectivity index (χ1) is 15.9. The highest BCUT2D eigenvalue weighted by molar-refractivity contribution is 6.04. The largest absolute Gasteiger partial charge is 0.446 e. The van der Waals surface area contributed by atoms with Crippen molar-refractivity contribution in [3.63, 3.8) is 0 Å². The van der Waals surface area contributed by atoms with E-state index in [1.54, 1.807) is 0 Å². The Balaban J connectivity index is 1.69. The van der Waals surface area contributed by atoms with Gasteiger partial charge in [-0.15, -0.1) is 0 Å². The Bertz CT molecular complexity index is 1060. The van der Waals surface area contributed by atoms with Gasteiger partial charge in [0.05, 0.1) is 11.4 Å². The SMILES string of the molecule is CC(C)/C(=N\NC(=O)c1ccc(C(=O)N/N=C(/c2ccccc2)C(C)C)o1)c1ccccc1. The van der Waals surface area contributed by atoms with Crippen LogP contribution < -0.4 is 10.9 Å². The Labute approximate surface area is 193 Å². The van der Waals surface area contributed by atoms with E-state index in [0.717, 1.165) is 22.6 Å². The number of rotatable bonds is 8. The van der Waals surface area contributed by atoms with Crippen molar-refractivity contribution < 1.29 is 14.0 Å². The first-order valence-corrected chi connectivity index (χ1v) is 10.8. The monoisotopic (exact) mass is 444 g/mol. The summed E-state index contributed by atoms with van der Waals surface area (Å²) in [5.41, 5.74) is 8.35. The highest BCUT2D eigenvalue weighted by Crippen LogP contribution is 2.12. The quantitative estimate of drug-likeness (QED) is 0.384. The third-order valence-corrected chi connectivity index (χ3v) is 4.84. The summed E-state index contributed by atoms with van der Waals surface area (Å²) >= 11 is 0. The van der Waals surface area contributed by atoms with Crippen LogP contribution in [0.3, 0.4) is 0 Å². The third-order valence-electron chi connectivity index (χ3n) is 4.84. The van der Waals surface area contributed by atoms with Crippen molar-refractivity contribution in [2.75, 3.05) is 0 Å². The van der Waals surface area contributed by atoms with Crippen LogP contribution in [0.2, 0.25) is 0 Å². The molecule has 3 aromatic rings. The minimum Gasteiger partial charge on any atom is -0.446 e. The molecule has 0 fully saturated rings. The van der Waals surface area contributed by atoms with Gasteiger partial charge in [0.1, 0.15) is 0 Å². The molecule has 3 rings (SSSR count). The Hall–Kier alpha value is -4.00. The van der Waals surface area contributed by atoms with Crippen molar-refractivity contribution in [2.45, 2.75) is 27.7 Å². The molecule has 2 N–H and O–H groups in total. The number of carbonyl (C=O) groups excluding carboxylic acids is 2. The summed E-state index contributed by atoms with van der Waals surface area (Å²) in [5.74, 6) is -0.920. The Morgan fingerprint density at radius 2 is 1.00 bits per heavy atom. The van der Waals surface area contributed by atoms with Gasteiger partial charge in [0.2, 0.25) is 0 Å². The maximum absolute atomic E-state index is 12.5. The zero-order chi connectivity index (χ0) is 23.8. The lowest BCUT2D eigenvalue weighted by atomic mass is 10.0. The molecule has 2 aromatic carbocycles. The van der Waals surface area contributed by atoms with Gasteiger partial charge in [-0.05, 0) is 35.1 Å². The predicted molar refractivity (Wildman–Crippen MR) is 129 cm³/mol. The van der Waals surface area contributed by atoms with E-state index < -0.39 is 11.8 Å². The third kappa shape index (κ3) is 6.26. The van der Waals surface area contributed by atoms with E-state index in [1.807, 2.05) is 88.4 Å². The number of hydrogen-bond acceptors (Lipinski definition) is 5. The summed E-state index contributed by atoms with van der Waals surface area (Å²) in [6.45, 7) is 7.98. The van der Waals surface area contributed by atoms with Crippen LogP contribution in [0, 0.1) is 11.8 Å². The van der Waals surface area contributed by atoms with Crippen LogP contribution >= 0.6 is 0 Å². The average molecular weight is 445 g/mol. The van der Waals surface area contributed by atoms with Crippen molar-refractivity contribution >= 4 is 23.2 Å². The fourth-order valence-corrected chi connectivity index (χ4v) is 3.19. The Kier molecular flexibility index (Phi) is 7.91. The molecule has 0 atom stereocenters. The van der Waals surface area contributed by atoms with E-state index in [-0.39, 0.29) is 23.4 Å². The number of nitrogens with one attached hydrogen (secondary N) is 2. The second-order valence-electron chi connectivity index (χ2n) is 8.08. The van der Waals surface area contributed by atoms with Crippen LogP contribution in [0.5, 0.6) is 0 Å². The van der Waals surface area contributed by atoms with E-state index in [9.17, 15) is 9.59 Å². The molecule has 1 aromatic heterocycles. The van der Waals surface area contributed by atoms with Gasteiger partial charge in [-0.3, -0.25) is 9.59 Å². The van der Waals surface area contributed by atoms with E-state index in [2.05, 4.69) is 21.1 Å². The molecule has 0 saturated carbocycles. The normalized spacial score (nSPS) is 12.2. The van der Waals surface area contributed by atoms with Crippen molar-refractivity contribution in [1.82, 2.24) is 10.9 Å². The lowest BCUT2D eigenvalue weighted by Crippen LogP contribution is -2.23. The lowest BCUT2D eigenvalue weighted by molar-refractivity contribution is 0.0902. The minimum absolute atomic E-state index is 0.0174. The molecule has 7 heteroatoms. The van der Waals surface area contributed by atoms with Crippen LogP contribution in [-0.4, -0.2) is 23.2 Å². The maximum Gasteiger partial charge on any atom is 0.307 e. The Morgan fingerprint density at radius 1 is 0.636 bits per heavy atom. The number of benzene rings is 2. The Morgan fingerprint density at radius 3 is 1.33 bits per heavy atom. The second-order valence-corrected chi connectivity index (χ2v) is 8.08. The molecular weight excluding hydrogens is 416 g/mol. The molecule has 0 saturated heterocycles. The van der Waals surface area contributed by atoms with Crippen molar-refractivity contribution in [3.8, 4) is 0 Å². The number of amides is 2. The fourth-order valence-electron chi connectivity index (χ4n) is 3.19. The minimum atomic E-state index is -0.543. The van der Waals surface area contributed by atoms with Crippen molar-refractivity contribution in [2.24, 2.45) is 22.0 Å². The summed E-state index contributed by atoms with van der Waals surface area (Å²) in [6, 6.07) is 22.1. The van der Waals surface area contributed by atoms with Crippen molar-refractivity contribution in [1.29, 1.82) is 0 Å². The van der Waals surface area contributed by atoms with Gasteiger partial charge in [-0.25, -0.2) is 10.9 Å². The number of hydrazone groups is 2. The number of nitrogens with zero attached hydrogens (tertiary/aromatic N) is 2. The highest BCUT2D eigenvalue weighted by atomic mass is 16.4. The molecule has 0 aliphatic carbocycles. The number of hydrogen-bond donors (Lipinski definition) is 2. The molecule has 33 heavy (non-hydrogen) atoms.